The molecule has 0 aromatic rings. The van der Waals surface area contributed by atoms with Crippen molar-refractivity contribution in [1.82, 2.24) is 0 Å². The van der Waals surface area contributed by atoms with Gasteiger partial charge in [0.15, 0.2) is 5.84 Å². The number of nitrogens with zero attached hydrogens (tertiary/aromatic N) is 2. The van der Waals surface area contributed by atoms with E-state index in [1.165, 1.54) is 30.4 Å². The smallest absolute Gasteiger partial charge is 0.151 e. The van der Waals surface area contributed by atoms with E-state index in [0.717, 1.165) is 30.3 Å². The molecule has 1 unspecified atom stereocenters. The molecule has 108 valence electrons. The lowest BCUT2D eigenvalue weighted by atomic mass is 9.85. The van der Waals surface area contributed by atoms with Gasteiger partial charge in [-0.2, -0.15) is 0 Å². The number of hydrogen-bond acceptors (Lipinski definition) is 2. The molecule has 0 aromatic carbocycles. The fraction of sp³-hybridized carbons (Fsp3) is 0.529. The van der Waals surface area contributed by atoms with E-state index in [0.29, 0.717) is 0 Å². The first-order chi connectivity index (χ1) is 9.65. The number of rotatable bonds is 4. The third-order valence-electron chi connectivity index (χ3n) is 4.49. The van der Waals surface area contributed by atoms with Gasteiger partial charge in [-0.3, -0.25) is 4.99 Å². The van der Waals surface area contributed by atoms with E-state index < -0.39 is 0 Å². The third kappa shape index (κ3) is 3.27. The van der Waals surface area contributed by atoms with Crippen molar-refractivity contribution in [1.29, 1.82) is 0 Å². The monoisotopic (exact) mass is 271 g/mol. The van der Waals surface area contributed by atoms with Gasteiger partial charge in [0.05, 0.1) is 0 Å². The summed E-state index contributed by atoms with van der Waals surface area (Å²) in [5.74, 6) is 1.73. The minimum Gasteiger partial charge on any atom is -0.404 e. The Balaban J connectivity index is 2.10. The Hall–Kier alpha value is -1.64. The van der Waals surface area contributed by atoms with Gasteiger partial charge in [0.25, 0.3) is 0 Å². The van der Waals surface area contributed by atoms with Gasteiger partial charge in [0.1, 0.15) is 0 Å². The van der Waals surface area contributed by atoms with E-state index in [1.54, 1.807) is 6.20 Å². The summed E-state index contributed by atoms with van der Waals surface area (Å²) in [5.41, 5.74) is 9.58. The Morgan fingerprint density at radius 3 is 2.70 bits per heavy atom. The average Bonchev–Trinajstić information content (AvgIpc) is 2.39. The van der Waals surface area contributed by atoms with E-state index in [4.69, 9.17) is 5.73 Å². The Morgan fingerprint density at radius 1 is 1.45 bits per heavy atom. The second kappa shape index (κ2) is 6.69. The van der Waals surface area contributed by atoms with Crippen molar-refractivity contribution in [2.75, 3.05) is 6.54 Å². The highest BCUT2D eigenvalue weighted by molar-refractivity contribution is 6.01. The predicted molar refractivity (Wildman–Crippen MR) is 87.1 cm³/mol. The van der Waals surface area contributed by atoms with Crippen molar-refractivity contribution in [3.05, 3.63) is 35.1 Å². The molecule has 3 heteroatoms. The summed E-state index contributed by atoms with van der Waals surface area (Å²) in [6, 6.07) is 0. The van der Waals surface area contributed by atoms with Crippen LogP contribution in [0.5, 0.6) is 0 Å². The summed E-state index contributed by atoms with van der Waals surface area (Å²) < 4.78 is 0. The third-order valence-corrected chi connectivity index (χ3v) is 4.49. The molecule has 2 rings (SSSR count). The average molecular weight is 271 g/mol. The number of allylic oxidation sites excluding steroid dienone is 4. The van der Waals surface area contributed by atoms with Crippen LogP contribution in [0.1, 0.15) is 39.5 Å². The van der Waals surface area contributed by atoms with Crippen LogP contribution in [-0.4, -0.2) is 19.1 Å². The first kappa shape index (κ1) is 14.8. The van der Waals surface area contributed by atoms with Crippen molar-refractivity contribution in [3.63, 3.8) is 0 Å². The van der Waals surface area contributed by atoms with Crippen LogP contribution in [0.25, 0.3) is 0 Å². The molecule has 2 aliphatic rings. The highest BCUT2D eigenvalue weighted by Gasteiger charge is 2.21. The van der Waals surface area contributed by atoms with E-state index in [1.807, 2.05) is 0 Å². The standard InChI is InChI=1S/C17H25N3/c1-12-7-8-15(9-13(12)2)16(10-18)17(19-3)20-11-14-5-4-6-14/h7-8,10,14-15H,3-6,9,11,18H2,1-2H3. The molecule has 2 N–H and O–H groups in total. The van der Waals surface area contributed by atoms with Gasteiger partial charge in [0, 0.05) is 24.2 Å². The van der Waals surface area contributed by atoms with Crippen LogP contribution in [0.15, 0.2) is 45.1 Å². The van der Waals surface area contributed by atoms with Crippen LogP contribution in [0.4, 0.5) is 0 Å². The summed E-state index contributed by atoms with van der Waals surface area (Å²) in [6.45, 7) is 8.84. The van der Waals surface area contributed by atoms with Crippen molar-refractivity contribution in [2.45, 2.75) is 39.5 Å². The van der Waals surface area contributed by atoms with Gasteiger partial charge in [-0.25, -0.2) is 4.99 Å². The molecule has 0 saturated heterocycles. The summed E-state index contributed by atoms with van der Waals surface area (Å²) in [5, 5.41) is 0. The SMILES string of the molecule is C=NC(=NCC1CCC1)C(=CN)C1C=CC(C)=C(C)C1. The van der Waals surface area contributed by atoms with Crippen LogP contribution in [-0.2, 0) is 0 Å². The maximum atomic E-state index is 5.83. The molecule has 0 spiro atoms. The summed E-state index contributed by atoms with van der Waals surface area (Å²) in [6.07, 6.45) is 10.9. The number of aliphatic imine (C=N–C) groups is 2. The highest BCUT2D eigenvalue weighted by atomic mass is 14.9. The summed E-state index contributed by atoms with van der Waals surface area (Å²) in [7, 11) is 0. The Bertz CT molecular complexity index is 490. The van der Waals surface area contributed by atoms with Gasteiger partial charge in [0.2, 0.25) is 0 Å². The lowest BCUT2D eigenvalue weighted by Gasteiger charge is -2.24. The predicted octanol–water partition coefficient (Wildman–Crippen LogP) is 3.64. The first-order valence-electron chi connectivity index (χ1n) is 7.43. The molecular formula is C17H25N3. The van der Waals surface area contributed by atoms with Crippen molar-refractivity contribution < 1.29 is 0 Å². The molecular weight excluding hydrogens is 246 g/mol. The van der Waals surface area contributed by atoms with Gasteiger partial charge in [-0.1, -0.05) is 29.7 Å². The van der Waals surface area contributed by atoms with E-state index in [-0.39, 0.29) is 5.92 Å². The second-order valence-electron chi connectivity index (χ2n) is 5.87. The lowest BCUT2D eigenvalue weighted by molar-refractivity contribution is 0.326. The zero-order chi connectivity index (χ0) is 14.5. The van der Waals surface area contributed by atoms with Gasteiger partial charge in [-0.15, -0.1) is 0 Å². The molecule has 0 radical (unpaired) electrons. The summed E-state index contributed by atoms with van der Waals surface area (Å²) >= 11 is 0. The number of amidine groups is 1. The maximum absolute atomic E-state index is 5.83. The number of nitrogens with two attached hydrogens (primary N) is 1. The molecule has 1 saturated carbocycles. The minimum absolute atomic E-state index is 0.273. The topological polar surface area (TPSA) is 50.7 Å². The van der Waals surface area contributed by atoms with Gasteiger partial charge in [-0.05, 0) is 45.7 Å². The van der Waals surface area contributed by atoms with Crippen LogP contribution in [0, 0.1) is 11.8 Å². The van der Waals surface area contributed by atoms with Crippen molar-refractivity contribution >= 4 is 12.6 Å². The minimum atomic E-state index is 0.273. The van der Waals surface area contributed by atoms with Crippen LogP contribution < -0.4 is 5.73 Å². The Labute approximate surface area is 122 Å². The van der Waals surface area contributed by atoms with E-state index in [2.05, 4.69) is 42.7 Å². The normalized spacial score (nSPS) is 24.8. The molecule has 0 aliphatic heterocycles. The van der Waals surface area contributed by atoms with Crippen molar-refractivity contribution in [2.24, 2.45) is 27.6 Å². The van der Waals surface area contributed by atoms with Crippen LogP contribution >= 0.6 is 0 Å². The van der Waals surface area contributed by atoms with Gasteiger partial charge >= 0.3 is 0 Å². The molecule has 0 aromatic heterocycles. The second-order valence-corrected chi connectivity index (χ2v) is 5.87. The molecule has 20 heavy (non-hydrogen) atoms. The van der Waals surface area contributed by atoms with Crippen LogP contribution in [0.2, 0.25) is 0 Å². The fourth-order valence-corrected chi connectivity index (χ4v) is 2.66. The molecule has 3 nitrogen and oxygen atoms in total. The fourth-order valence-electron chi connectivity index (χ4n) is 2.66. The molecule has 0 bridgehead atoms. The molecule has 0 amide bonds. The largest absolute Gasteiger partial charge is 0.404 e. The quantitative estimate of drug-likeness (QED) is 0.616. The van der Waals surface area contributed by atoms with Gasteiger partial charge < -0.3 is 5.73 Å². The van der Waals surface area contributed by atoms with Crippen LogP contribution in [0.3, 0.4) is 0 Å². The zero-order valence-electron chi connectivity index (χ0n) is 12.6. The highest BCUT2D eigenvalue weighted by Crippen LogP contribution is 2.30. The molecule has 0 heterocycles. The molecule has 1 fully saturated rings. The Kier molecular flexibility index (Phi) is 4.94. The zero-order valence-corrected chi connectivity index (χ0v) is 12.6. The molecule has 2 aliphatic carbocycles. The maximum Gasteiger partial charge on any atom is 0.151 e. The molecule has 1 atom stereocenters. The van der Waals surface area contributed by atoms with Crippen molar-refractivity contribution in [3.8, 4) is 0 Å². The number of hydrogen-bond donors (Lipinski definition) is 1. The van der Waals surface area contributed by atoms with E-state index >= 15 is 0 Å². The van der Waals surface area contributed by atoms with E-state index in [9.17, 15) is 0 Å². The first-order valence-corrected chi connectivity index (χ1v) is 7.43. The lowest BCUT2D eigenvalue weighted by Crippen LogP contribution is -2.18. The Morgan fingerprint density at radius 2 is 2.20 bits per heavy atom. The summed E-state index contributed by atoms with van der Waals surface area (Å²) in [4.78, 5) is 8.75.